The fourth-order valence-corrected chi connectivity index (χ4v) is 5.03. The van der Waals surface area contributed by atoms with Gasteiger partial charge in [0.05, 0.1) is 5.25 Å². The Kier molecular flexibility index (Phi) is 10.6. The number of thioether (sulfide) groups is 1. The van der Waals surface area contributed by atoms with Crippen molar-refractivity contribution in [2.45, 2.75) is 36.8 Å². The number of halogens is 1. The number of benzene rings is 4. The number of carbonyl (C=O) groups is 3. The second-order valence-corrected chi connectivity index (χ2v) is 11.8. The molecule has 8 heteroatoms. The van der Waals surface area contributed by atoms with Crippen molar-refractivity contribution in [3.8, 4) is 0 Å². The van der Waals surface area contributed by atoms with Crippen molar-refractivity contribution in [1.82, 2.24) is 5.32 Å². The van der Waals surface area contributed by atoms with Gasteiger partial charge in [0.25, 0.3) is 11.8 Å². The topological polar surface area (TPSA) is 87.3 Å². The molecule has 0 saturated carbocycles. The molecule has 1 atom stereocenters. The zero-order valence-electron chi connectivity index (χ0n) is 23.6. The number of hydrogen-bond donors (Lipinski definition) is 3. The Labute approximate surface area is 255 Å². The predicted molar refractivity (Wildman–Crippen MR) is 173 cm³/mol. The normalized spacial score (nSPS) is 12.0. The molecule has 42 heavy (non-hydrogen) atoms. The molecule has 0 spiro atoms. The van der Waals surface area contributed by atoms with E-state index in [4.69, 9.17) is 11.6 Å². The summed E-state index contributed by atoms with van der Waals surface area (Å²) in [4.78, 5) is 39.7. The Hall–Kier alpha value is -4.33. The minimum atomic E-state index is -0.457. The van der Waals surface area contributed by atoms with E-state index in [1.807, 2.05) is 49.4 Å². The zero-order chi connectivity index (χ0) is 30.1. The molecular weight excluding hydrogens is 566 g/mol. The predicted octanol–water partition coefficient (Wildman–Crippen LogP) is 7.99. The van der Waals surface area contributed by atoms with E-state index in [1.165, 1.54) is 17.3 Å². The quantitative estimate of drug-likeness (QED) is 0.128. The average molecular weight is 598 g/mol. The molecule has 0 aromatic heterocycles. The van der Waals surface area contributed by atoms with Crippen LogP contribution in [0.5, 0.6) is 0 Å². The third-order valence-corrected chi connectivity index (χ3v) is 7.68. The number of rotatable bonds is 10. The first kappa shape index (κ1) is 30.6. The number of hydrogen-bond acceptors (Lipinski definition) is 4. The molecule has 0 heterocycles. The summed E-state index contributed by atoms with van der Waals surface area (Å²) in [5, 5.41) is 8.68. The van der Waals surface area contributed by atoms with E-state index in [-0.39, 0.29) is 22.8 Å². The highest BCUT2D eigenvalue weighted by molar-refractivity contribution is 8.00. The van der Waals surface area contributed by atoms with Crippen LogP contribution < -0.4 is 16.0 Å². The molecule has 0 bridgehead atoms. The smallest absolute Gasteiger partial charge is 0.272 e. The van der Waals surface area contributed by atoms with Crippen molar-refractivity contribution in [2.75, 3.05) is 10.6 Å². The van der Waals surface area contributed by atoms with Crippen molar-refractivity contribution in [1.29, 1.82) is 0 Å². The van der Waals surface area contributed by atoms with Crippen LogP contribution in [-0.4, -0.2) is 23.0 Å². The molecule has 0 saturated heterocycles. The van der Waals surface area contributed by atoms with Crippen LogP contribution in [0.15, 0.2) is 114 Å². The molecule has 6 nitrogen and oxygen atoms in total. The summed E-state index contributed by atoms with van der Waals surface area (Å²) in [5.74, 6) is -0.607. The third-order valence-electron chi connectivity index (χ3n) is 6.33. The number of carbonyl (C=O) groups excluding carboxylic acids is 3. The standard InChI is InChI=1S/C34H32ClN3O3S/c1-22(2)25-14-12-24(13-15-25)20-31(38-33(40)26-8-5-4-6-9-26)34(41)36-28-16-18-30(19-17-28)42-23(3)32(39)37-29-11-7-10-27(35)21-29/h4-23H,1-3H3,(H,36,41)(H,37,39)(H,38,40)/b31-20-. The van der Waals surface area contributed by atoms with Crippen LogP contribution in [0.1, 0.15) is 48.2 Å². The van der Waals surface area contributed by atoms with E-state index in [1.54, 1.807) is 66.7 Å². The molecule has 0 fully saturated rings. The lowest BCUT2D eigenvalue weighted by Gasteiger charge is -2.14. The number of anilines is 2. The van der Waals surface area contributed by atoms with Gasteiger partial charge >= 0.3 is 0 Å². The Balaban J connectivity index is 1.44. The van der Waals surface area contributed by atoms with Crippen LogP contribution in [0.25, 0.3) is 6.08 Å². The molecule has 4 aromatic rings. The lowest BCUT2D eigenvalue weighted by Crippen LogP contribution is -2.30. The molecule has 3 amide bonds. The van der Waals surface area contributed by atoms with Gasteiger partial charge in [0, 0.05) is 26.9 Å². The second kappa shape index (κ2) is 14.5. The molecule has 0 aliphatic carbocycles. The highest BCUT2D eigenvalue weighted by atomic mass is 35.5. The molecule has 4 rings (SSSR count). The van der Waals surface area contributed by atoms with E-state index in [2.05, 4.69) is 29.8 Å². The summed E-state index contributed by atoms with van der Waals surface area (Å²) < 4.78 is 0. The maximum Gasteiger partial charge on any atom is 0.272 e. The van der Waals surface area contributed by atoms with Crippen LogP contribution in [0.4, 0.5) is 11.4 Å². The second-order valence-electron chi connectivity index (χ2n) is 9.94. The molecule has 3 N–H and O–H groups in total. The van der Waals surface area contributed by atoms with Gasteiger partial charge in [-0.05, 0) is 84.6 Å². The monoisotopic (exact) mass is 597 g/mol. The maximum absolute atomic E-state index is 13.3. The first-order valence-electron chi connectivity index (χ1n) is 13.5. The fourth-order valence-electron chi connectivity index (χ4n) is 3.97. The Morgan fingerprint density at radius 1 is 0.762 bits per heavy atom. The van der Waals surface area contributed by atoms with Crippen molar-refractivity contribution in [3.63, 3.8) is 0 Å². The van der Waals surface area contributed by atoms with Crippen LogP contribution in [0, 0.1) is 0 Å². The molecule has 0 radical (unpaired) electrons. The van der Waals surface area contributed by atoms with Crippen LogP contribution in [0.3, 0.4) is 0 Å². The molecular formula is C34H32ClN3O3S. The van der Waals surface area contributed by atoms with E-state index in [0.717, 1.165) is 10.5 Å². The number of nitrogens with one attached hydrogen (secondary N) is 3. The first-order chi connectivity index (χ1) is 20.2. The lowest BCUT2D eigenvalue weighted by molar-refractivity contribution is -0.115. The van der Waals surface area contributed by atoms with Gasteiger partial charge in [-0.3, -0.25) is 14.4 Å². The minimum Gasteiger partial charge on any atom is -0.325 e. The summed E-state index contributed by atoms with van der Waals surface area (Å²) in [5.41, 5.74) is 3.72. The molecule has 0 aliphatic rings. The van der Waals surface area contributed by atoms with Gasteiger partial charge in [-0.25, -0.2) is 0 Å². The van der Waals surface area contributed by atoms with Gasteiger partial charge in [-0.2, -0.15) is 0 Å². The Morgan fingerprint density at radius 2 is 1.45 bits per heavy atom. The summed E-state index contributed by atoms with van der Waals surface area (Å²) in [6, 6.07) is 30.8. The van der Waals surface area contributed by atoms with Crippen LogP contribution in [0.2, 0.25) is 5.02 Å². The zero-order valence-corrected chi connectivity index (χ0v) is 25.1. The van der Waals surface area contributed by atoms with Gasteiger partial charge in [-0.15, -0.1) is 11.8 Å². The lowest BCUT2D eigenvalue weighted by atomic mass is 10.0. The van der Waals surface area contributed by atoms with E-state index in [9.17, 15) is 14.4 Å². The van der Waals surface area contributed by atoms with Crippen molar-refractivity contribution >= 4 is 58.5 Å². The van der Waals surface area contributed by atoms with E-state index in [0.29, 0.717) is 27.9 Å². The fraction of sp³-hybridized carbons (Fsp3) is 0.147. The SMILES string of the molecule is CC(Sc1ccc(NC(=O)/C(=C/c2ccc(C(C)C)cc2)NC(=O)c2ccccc2)cc1)C(=O)Nc1cccc(Cl)c1. The maximum atomic E-state index is 13.3. The van der Waals surface area contributed by atoms with Gasteiger partial charge in [0.1, 0.15) is 5.70 Å². The Morgan fingerprint density at radius 3 is 2.10 bits per heavy atom. The summed E-state index contributed by atoms with van der Waals surface area (Å²) in [6.45, 7) is 6.05. The number of amides is 3. The van der Waals surface area contributed by atoms with Crippen molar-refractivity contribution < 1.29 is 14.4 Å². The molecule has 214 valence electrons. The highest BCUT2D eigenvalue weighted by Gasteiger charge is 2.17. The third kappa shape index (κ3) is 8.83. The minimum absolute atomic E-state index is 0.117. The Bertz CT molecular complexity index is 1570. The molecule has 4 aromatic carbocycles. The highest BCUT2D eigenvalue weighted by Crippen LogP contribution is 2.26. The molecule has 1 unspecified atom stereocenters. The van der Waals surface area contributed by atoms with Gasteiger partial charge in [0.15, 0.2) is 0 Å². The largest absolute Gasteiger partial charge is 0.325 e. The van der Waals surface area contributed by atoms with Crippen molar-refractivity contribution in [3.05, 3.63) is 131 Å². The molecule has 0 aliphatic heterocycles. The average Bonchev–Trinajstić information content (AvgIpc) is 2.98. The van der Waals surface area contributed by atoms with Crippen LogP contribution >= 0.6 is 23.4 Å². The van der Waals surface area contributed by atoms with E-state index < -0.39 is 5.91 Å². The van der Waals surface area contributed by atoms with Crippen LogP contribution in [-0.2, 0) is 9.59 Å². The summed E-state index contributed by atoms with van der Waals surface area (Å²) in [6.07, 6.45) is 1.66. The summed E-state index contributed by atoms with van der Waals surface area (Å²) >= 11 is 7.40. The van der Waals surface area contributed by atoms with Crippen molar-refractivity contribution in [2.24, 2.45) is 0 Å². The van der Waals surface area contributed by atoms with Gasteiger partial charge in [0.2, 0.25) is 5.91 Å². The van der Waals surface area contributed by atoms with E-state index >= 15 is 0 Å². The first-order valence-corrected chi connectivity index (χ1v) is 14.8. The van der Waals surface area contributed by atoms with Gasteiger partial charge in [-0.1, -0.05) is 74.0 Å². The summed E-state index contributed by atoms with van der Waals surface area (Å²) in [7, 11) is 0. The van der Waals surface area contributed by atoms with Gasteiger partial charge < -0.3 is 16.0 Å².